The number of hydrogen-bond donors (Lipinski definition) is 3. The Kier molecular flexibility index (Phi) is 10.0. The fourth-order valence-corrected chi connectivity index (χ4v) is 5.72. The van der Waals surface area contributed by atoms with E-state index in [1.165, 1.54) is 28.7 Å². The van der Waals surface area contributed by atoms with E-state index in [0.29, 0.717) is 16.4 Å². The van der Waals surface area contributed by atoms with Crippen LogP contribution in [0.4, 0.5) is 10.8 Å². The molecule has 1 heterocycles. The molecule has 220 valence electrons. The van der Waals surface area contributed by atoms with E-state index >= 15 is 0 Å². The maximum Gasteiger partial charge on any atom is 0.272 e. The average molecular weight is 619 g/mol. The molecule has 1 atom stereocenters. The predicted molar refractivity (Wildman–Crippen MR) is 180 cm³/mol. The van der Waals surface area contributed by atoms with Crippen LogP contribution in [-0.2, 0) is 9.59 Å². The van der Waals surface area contributed by atoms with Gasteiger partial charge in [-0.1, -0.05) is 78.4 Å². The van der Waals surface area contributed by atoms with Crippen molar-refractivity contribution >= 4 is 57.7 Å². The zero-order valence-corrected chi connectivity index (χ0v) is 25.7. The van der Waals surface area contributed by atoms with E-state index in [9.17, 15) is 14.4 Å². The first-order chi connectivity index (χ1) is 21.3. The number of carbonyl (C=O) groups excluding carboxylic acids is 3. The first-order valence-electron chi connectivity index (χ1n) is 13.9. The van der Waals surface area contributed by atoms with Gasteiger partial charge in [-0.05, 0) is 61.9 Å². The van der Waals surface area contributed by atoms with E-state index in [2.05, 4.69) is 20.9 Å². The maximum absolute atomic E-state index is 13.3. The van der Waals surface area contributed by atoms with Crippen LogP contribution in [-0.4, -0.2) is 28.0 Å². The molecule has 44 heavy (non-hydrogen) atoms. The minimum Gasteiger partial charge on any atom is -0.321 e. The van der Waals surface area contributed by atoms with Crippen LogP contribution in [0.25, 0.3) is 17.3 Å². The summed E-state index contributed by atoms with van der Waals surface area (Å²) in [6.07, 6.45) is 1.63. The molecule has 1 unspecified atom stereocenters. The summed E-state index contributed by atoms with van der Waals surface area (Å²) in [6, 6.07) is 33.3. The summed E-state index contributed by atoms with van der Waals surface area (Å²) in [6.45, 7) is 3.87. The number of carbonyl (C=O) groups is 3. The molecule has 7 nitrogen and oxygen atoms in total. The first kappa shape index (κ1) is 30.5. The lowest BCUT2D eigenvalue weighted by Crippen LogP contribution is -2.30. The molecule has 1 aromatic heterocycles. The van der Waals surface area contributed by atoms with E-state index in [-0.39, 0.29) is 22.8 Å². The number of aryl methyl sites for hydroxylation is 1. The number of nitrogens with zero attached hydrogens (tertiary/aromatic N) is 1. The summed E-state index contributed by atoms with van der Waals surface area (Å²) in [5, 5.41) is 10.6. The third-order valence-electron chi connectivity index (χ3n) is 6.52. The molecular formula is C35H30N4O3S2. The van der Waals surface area contributed by atoms with Gasteiger partial charge in [0.2, 0.25) is 5.91 Å². The molecule has 5 rings (SSSR count). The highest BCUT2D eigenvalue weighted by atomic mass is 32.2. The first-order valence-corrected chi connectivity index (χ1v) is 15.6. The lowest BCUT2D eigenvalue weighted by molar-refractivity contribution is -0.115. The maximum atomic E-state index is 13.3. The fourth-order valence-electron chi connectivity index (χ4n) is 4.13. The SMILES string of the molecule is Cc1ccc(-c2csc(NC(=O)C(C)Sc3ccc(NC(=O)/C(=C/c4ccccc4)NC(=O)c4ccccc4)cc3)n2)cc1. The van der Waals surface area contributed by atoms with Gasteiger partial charge < -0.3 is 16.0 Å². The third kappa shape index (κ3) is 8.31. The number of rotatable bonds is 10. The van der Waals surface area contributed by atoms with E-state index in [1.807, 2.05) is 92.0 Å². The molecule has 0 radical (unpaired) electrons. The Bertz CT molecular complexity index is 1770. The Labute approximate surface area is 264 Å². The van der Waals surface area contributed by atoms with Gasteiger partial charge in [-0.15, -0.1) is 23.1 Å². The molecule has 0 aliphatic heterocycles. The van der Waals surface area contributed by atoms with Gasteiger partial charge in [-0.3, -0.25) is 14.4 Å². The van der Waals surface area contributed by atoms with Crippen LogP contribution in [0.3, 0.4) is 0 Å². The summed E-state index contributed by atoms with van der Waals surface area (Å²) in [4.78, 5) is 44.4. The largest absolute Gasteiger partial charge is 0.321 e. The van der Waals surface area contributed by atoms with Gasteiger partial charge >= 0.3 is 0 Å². The molecule has 3 amide bonds. The zero-order valence-electron chi connectivity index (χ0n) is 24.1. The number of thiazole rings is 1. The van der Waals surface area contributed by atoms with Crippen molar-refractivity contribution in [1.82, 2.24) is 10.3 Å². The standard InChI is InChI=1S/C35H30N4O3S2/c1-23-13-15-26(16-14-23)31-22-43-35(38-31)39-32(40)24(2)44-29-19-17-28(18-20-29)36-34(42)30(21-25-9-5-3-6-10-25)37-33(41)27-11-7-4-8-12-27/h3-22,24H,1-2H3,(H,36,42)(H,37,41)(H,38,39,40)/b30-21-. The van der Waals surface area contributed by atoms with Crippen LogP contribution in [0, 0.1) is 6.92 Å². The highest BCUT2D eigenvalue weighted by molar-refractivity contribution is 8.00. The van der Waals surface area contributed by atoms with Crippen molar-refractivity contribution in [3.05, 3.63) is 137 Å². The Balaban J connectivity index is 1.20. The summed E-state index contributed by atoms with van der Waals surface area (Å²) < 4.78 is 0. The Hall–Kier alpha value is -4.99. The lowest BCUT2D eigenvalue weighted by atomic mass is 10.1. The van der Waals surface area contributed by atoms with E-state index in [4.69, 9.17) is 0 Å². The number of hydrogen-bond acceptors (Lipinski definition) is 6. The molecule has 0 spiro atoms. The van der Waals surface area contributed by atoms with Crippen LogP contribution in [0.15, 0.2) is 125 Å². The van der Waals surface area contributed by atoms with Gasteiger partial charge in [0.05, 0.1) is 10.9 Å². The second kappa shape index (κ2) is 14.5. The monoisotopic (exact) mass is 618 g/mol. The van der Waals surface area contributed by atoms with Crippen molar-refractivity contribution in [1.29, 1.82) is 0 Å². The fraction of sp³-hybridized carbons (Fsp3) is 0.0857. The highest BCUT2D eigenvalue weighted by Gasteiger charge is 2.18. The summed E-state index contributed by atoms with van der Waals surface area (Å²) in [5.41, 5.74) is 4.88. The molecule has 0 aliphatic rings. The zero-order chi connectivity index (χ0) is 30.9. The Morgan fingerprint density at radius 1 is 0.818 bits per heavy atom. The molecule has 3 N–H and O–H groups in total. The van der Waals surface area contributed by atoms with Crippen LogP contribution < -0.4 is 16.0 Å². The summed E-state index contributed by atoms with van der Waals surface area (Å²) in [7, 11) is 0. The topological polar surface area (TPSA) is 100 Å². The normalized spacial score (nSPS) is 11.8. The van der Waals surface area contributed by atoms with Crippen molar-refractivity contribution in [3.63, 3.8) is 0 Å². The van der Waals surface area contributed by atoms with Crippen LogP contribution >= 0.6 is 23.1 Å². The summed E-state index contributed by atoms with van der Waals surface area (Å²) >= 11 is 2.79. The van der Waals surface area contributed by atoms with Gasteiger partial charge in [0.25, 0.3) is 11.8 Å². The molecule has 9 heteroatoms. The van der Waals surface area contributed by atoms with Gasteiger partial charge in [0.1, 0.15) is 5.70 Å². The number of thioether (sulfide) groups is 1. The predicted octanol–water partition coefficient (Wildman–Crippen LogP) is 7.65. The quantitative estimate of drug-likeness (QED) is 0.110. The molecule has 0 fully saturated rings. The molecule has 0 aliphatic carbocycles. The van der Waals surface area contributed by atoms with E-state index < -0.39 is 5.91 Å². The van der Waals surface area contributed by atoms with Crippen molar-refractivity contribution in [2.45, 2.75) is 24.0 Å². The number of nitrogens with one attached hydrogen (secondary N) is 3. The minimum atomic E-state index is -0.459. The van der Waals surface area contributed by atoms with Crippen molar-refractivity contribution in [2.75, 3.05) is 10.6 Å². The van der Waals surface area contributed by atoms with E-state index in [0.717, 1.165) is 21.7 Å². The van der Waals surface area contributed by atoms with Gasteiger partial charge in [0.15, 0.2) is 5.13 Å². The Morgan fingerprint density at radius 3 is 2.16 bits per heavy atom. The molecule has 5 aromatic rings. The van der Waals surface area contributed by atoms with Gasteiger partial charge in [0, 0.05) is 27.1 Å². The number of amides is 3. The second-order valence-electron chi connectivity index (χ2n) is 9.92. The molecule has 4 aromatic carbocycles. The highest BCUT2D eigenvalue weighted by Crippen LogP contribution is 2.28. The van der Waals surface area contributed by atoms with Crippen LogP contribution in [0.2, 0.25) is 0 Å². The summed E-state index contributed by atoms with van der Waals surface area (Å²) in [5.74, 6) is -0.993. The molecule has 0 saturated carbocycles. The van der Waals surface area contributed by atoms with Crippen molar-refractivity contribution < 1.29 is 14.4 Å². The van der Waals surface area contributed by atoms with Crippen LogP contribution in [0.5, 0.6) is 0 Å². The number of benzene rings is 4. The van der Waals surface area contributed by atoms with E-state index in [1.54, 1.807) is 42.5 Å². The molecule has 0 saturated heterocycles. The van der Waals surface area contributed by atoms with Crippen LogP contribution in [0.1, 0.15) is 28.4 Å². The third-order valence-corrected chi connectivity index (χ3v) is 8.38. The average Bonchev–Trinajstić information content (AvgIpc) is 3.51. The Morgan fingerprint density at radius 2 is 1.48 bits per heavy atom. The number of anilines is 2. The molecular weight excluding hydrogens is 589 g/mol. The second-order valence-corrected chi connectivity index (χ2v) is 12.2. The minimum absolute atomic E-state index is 0.113. The lowest BCUT2D eigenvalue weighted by Gasteiger charge is -2.13. The van der Waals surface area contributed by atoms with Gasteiger partial charge in [-0.2, -0.15) is 0 Å². The molecule has 0 bridgehead atoms. The smallest absolute Gasteiger partial charge is 0.272 e. The number of aromatic nitrogens is 1. The van der Waals surface area contributed by atoms with Gasteiger partial charge in [-0.25, -0.2) is 4.98 Å². The van der Waals surface area contributed by atoms with Crippen molar-refractivity contribution in [3.8, 4) is 11.3 Å². The van der Waals surface area contributed by atoms with Crippen molar-refractivity contribution in [2.24, 2.45) is 0 Å².